The lowest BCUT2D eigenvalue weighted by molar-refractivity contribution is -0.135. The van der Waals surface area contributed by atoms with Gasteiger partial charge in [0.2, 0.25) is 0 Å². The van der Waals surface area contributed by atoms with Crippen LogP contribution in [0.1, 0.15) is 32.1 Å². The van der Waals surface area contributed by atoms with Crippen molar-refractivity contribution in [2.24, 2.45) is 0 Å². The van der Waals surface area contributed by atoms with E-state index < -0.39 is 12.6 Å². The van der Waals surface area contributed by atoms with Crippen molar-refractivity contribution < 1.29 is 17.9 Å². The lowest BCUT2D eigenvalue weighted by Gasteiger charge is -2.22. The molecular formula is C12H23F3N2O. The van der Waals surface area contributed by atoms with Gasteiger partial charge in [0, 0.05) is 13.0 Å². The molecule has 1 heterocycles. The molecule has 3 nitrogen and oxygen atoms in total. The zero-order valence-electron chi connectivity index (χ0n) is 10.7. The molecule has 0 aromatic carbocycles. The molecule has 0 atom stereocenters. The minimum absolute atomic E-state index is 0.200. The van der Waals surface area contributed by atoms with Crippen LogP contribution in [0.4, 0.5) is 13.2 Å². The zero-order valence-corrected chi connectivity index (χ0v) is 10.7. The van der Waals surface area contributed by atoms with Crippen molar-refractivity contribution in [3.05, 3.63) is 0 Å². The summed E-state index contributed by atoms with van der Waals surface area (Å²) in [6.45, 7) is 4.01. The van der Waals surface area contributed by atoms with E-state index in [-0.39, 0.29) is 6.42 Å². The third kappa shape index (κ3) is 8.72. The molecule has 18 heavy (non-hydrogen) atoms. The van der Waals surface area contributed by atoms with E-state index in [1.165, 1.54) is 0 Å². The molecule has 1 rings (SSSR count). The van der Waals surface area contributed by atoms with E-state index in [0.29, 0.717) is 25.7 Å². The normalized spacial score (nSPS) is 18.2. The predicted molar refractivity (Wildman–Crippen MR) is 64.6 cm³/mol. The standard InChI is InChI=1S/C12H23F3N2O/c13-12(14,15)5-1-2-6-16-9-10-18-11-3-7-17-8-4-11/h11,16-17H,1-10H2. The summed E-state index contributed by atoms with van der Waals surface area (Å²) < 4.78 is 41.2. The van der Waals surface area contributed by atoms with Crippen molar-refractivity contribution in [3.8, 4) is 0 Å². The fraction of sp³-hybridized carbons (Fsp3) is 1.00. The molecule has 1 saturated heterocycles. The van der Waals surface area contributed by atoms with E-state index in [1.807, 2.05) is 0 Å². The first kappa shape index (κ1) is 15.7. The van der Waals surface area contributed by atoms with Crippen LogP contribution in [0.3, 0.4) is 0 Å². The van der Waals surface area contributed by atoms with Crippen molar-refractivity contribution in [2.45, 2.75) is 44.4 Å². The summed E-state index contributed by atoms with van der Waals surface area (Å²) in [6.07, 6.45) is -1.49. The molecular weight excluding hydrogens is 245 g/mol. The minimum Gasteiger partial charge on any atom is -0.377 e. The van der Waals surface area contributed by atoms with Crippen molar-refractivity contribution in [2.75, 3.05) is 32.8 Å². The quantitative estimate of drug-likeness (QED) is 0.661. The highest BCUT2D eigenvalue weighted by Gasteiger charge is 2.25. The topological polar surface area (TPSA) is 33.3 Å². The Morgan fingerprint density at radius 3 is 2.50 bits per heavy atom. The third-order valence-electron chi connectivity index (χ3n) is 2.98. The summed E-state index contributed by atoms with van der Waals surface area (Å²) >= 11 is 0. The Morgan fingerprint density at radius 2 is 1.83 bits per heavy atom. The number of hydrogen-bond donors (Lipinski definition) is 2. The molecule has 0 radical (unpaired) electrons. The number of rotatable bonds is 8. The summed E-state index contributed by atoms with van der Waals surface area (Å²) in [5, 5.41) is 6.37. The summed E-state index contributed by atoms with van der Waals surface area (Å²) in [5.41, 5.74) is 0. The lowest BCUT2D eigenvalue weighted by atomic mass is 10.1. The van der Waals surface area contributed by atoms with Gasteiger partial charge in [0.05, 0.1) is 12.7 Å². The van der Waals surface area contributed by atoms with Crippen LogP contribution >= 0.6 is 0 Å². The Morgan fingerprint density at radius 1 is 1.11 bits per heavy atom. The SMILES string of the molecule is FC(F)(F)CCCCNCCOC1CCNCC1. The molecule has 1 aliphatic heterocycles. The van der Waals surface area contributed by atoms with Crippen LogP contribution in [0.2, 0.25) is 0 Å². The fourth-order valence-electron chi connectivity index (χ4n) is 1.96. The Bertz CT molecular complexity index is 206. The molecule has 6 heteroatoms. The van der Waals surface area contributed by atoms with Crippen LogP contribution in [0, 0.1) is 0 Å². The highest BCUT2D eigenvalue weighted by molar-refractivity contribution is 4.68. The van der Waals surface area contributed by atoms with Crippen LogP contribution in [-0.4, -0.2) is 45.1 Å². The molecule has 108 valence electrons. The van der Waals surface area contributed by atoms with Gasteiger partial charge >= 0.3 is 6.18 Å². The largest absolute Gasteiger partial charge is 0.389 e. The maximum absolute atomic E-state index is 11.8. The number of piperidine rings is 1. The summed E-state index contributed by atoms with van der Waals surface area (Å²) in [7, 11) is 0. The first-order chi connectivity index (χ1) is 8.58. The number of halogens is 3. The maximum atomic E-state index is 11.8. The average Bonchev–Trinajstić information content (AvgIpc) is 2.32. The summed E-state index contributed by atoms with van der Waals surface area (Å²) in [5.74, 6) is 0. The van der Waals surface area contributed by atoms with Gasteiger partial charge < -0.3 is 15.4 Å². The van der Waals surface area contributed by atoms with E-state index in [0.717, 1.165) is 32.5 Å². The van der Waals surface area contributed by atoms with E-state index in [9.17, 15) is 13.2 Å². The number of nitrogens with one attached hydrogen (secondary N) is 2. The van der Waals surface area contributed by atoms with Crippen LogP contribution < -0.4 is 10.6 Å². The minimum atomic E-state index is -4.02. The van der Waals surface area contributed by atoms with Crippen LogP contribution in [-0.2, 0) is 4.74 Å². The molecule has 0 saturated carbocycles. The van der Waals surface area contributed by atoms with Gasteiger partial charge in [0.15, 0.2) is 0 Å². The molecule has 1 aliphatic rings. The number of alkyl halides is 3. The average molecular weight is 268 g/mol. The van der Waals surface area contributed by atoms with Gasteiger partial charge in [0.25, 0.3) is 0 Å². The van der Waals surface area contributed by atoms with Gasteiger partial charge in [0.1, 0.15) is 0 Å². The highest BCUT2D eigenvalue weighted by Crippen LogP contribution is 2.21. The van der Waals surface area contributed by atoms with Crippen molar-refractivity contribution >= 4 is 0 Å². The molecule has 0 aromatic heterocycles. The van der Waals surface area contributed by atoms with E-state index in [1.54, 1.807) is 0 Å². The number of unbranched alkanes of at least 4 members (excludes halogenated alkanes) is 1. The van der Waals surface area contributed by atoms with Gasteiger partial charge in [-0.15, -0.1) is 0 Å². The molecule has 1 fully saturated rings. The van der Waals surface area contributed by atoms with Gasteiger partial charge in [-0.3, -0.25) is 0 Å². The van der Waals surface area contributed by atoms with Gasteiger partial charge in [-0.2, -0.15) is 13.2 Å². The maximum Gasteiger partial charge on any atom is 0.389 e. The van der Waals surface area contributed by atoms with Crippen molar-refractivity contribution in [1.29, 1.82) is 0 Å². The first-order valence-electron chi connectivity index (χ1n) is 6.68. The lowest BCUT2D eigenvalue weighted by Crippen LogP contribution is -2.34. The highest BCUT2D eigenvalue weighted by atomic mass is 19.4. The fourth-order valence-corrected chi connectivity index (χ4v) is 1.96. The monoisotopic (exact) mass is 268 g/mol. The van der Waals surface area contributed by atoms with E-state index in [2.05, 4.69) is 10.6 Å². The molecule has 0 amide bonds. The molecule has 2 N–H and O–H groups in total. The van der Waals surface area contributed by atoms with Crippen LogP contribution in [0.25, 0.3) is 0 Å². The van der Waals surface area contributed by atoms with Crippen LogP contribution in [0.15, 0.2) is 0 Å². The van der Waals surface area contributed by atoms with Crippen LogP contribution in [0.5, 0.6) is 0 Å². The number of hydrogen-bond acceptors (Lipinski definition) is 3. The summed E-state index contributed by atoms with van der Waals surface area (Å²) in [6, 6.07) is 0. The van der Waals surface area contributed by atoms with Crippen molar-refractivity contribution in [3.63, 3.8) is 0 Å². The number of ether oxygens (including phenoxy) is 1. The Kier molecular flexibility index (Phi) is 7.62. The van der Waals surface area contributed by atoms with E-state index in [4.69, 9.17) is 4.74 Å². The zero-order chi connectivity index (χ0) is 13.3. The second-order valence-corrected chi connectivity index (χ2v) is 4.64. The van der Waals surface area contributed by atoms with Gasteiger partial charge in [-0.05, 0) is 45.3 Å². The smallest absolute Gasteiger partial charge is 0.377 e. The second kappa shape index (κ2) is 8.72. The molecule has 0 bridgehead atoms. The van der Waals surface area contributed by atoms with Gasteiger partial charge in [-0.25, -0.2) is 0 Å². The summed E-state index contributed by atoms with van der Waals surface area (Å²) in [4.78, 5) is 0. The Balaban J connectivity index is 1.81. The molecule has 0 aliphatic carbocycles. The van der Waals surface area contributed by atoms with E-state index >= 15 is 0 Å². The third-order valence-corrected chi connectivity index (χ3v) is 2.98. The first-order valence-corrected chi connectivity index (χ1v) is 6.68. The molecule has 0 unspecified atom stereocenters. The van der Waals surface area contributed by atoms with Crippen molar-refractivity contribution in [1.82, 2.24) is 10.6 Å². The molecule has 0 spiro atoms. The predicted octanol–water partition coefficient (Wildman–Crippen LogP) is 2.08. The van der Waals surface area contributed by atoms with Gasteiger partial charge in [-0.1, -0.05) is 0 Å². The Labute approximate surface area is 106 Å². The second-order valence-electron chi connectivity index (χ2n) is 4.64. The molecule has 0 aromatic rings. The Hall–Kier alpha value is -0.330.